The van der Waals surface area contributed by atoms with Gasteiger partial charge in [0.25, 0.3) is 0 Å². The molecule has 4 atom stereocenters. The van der Waals surface area contributed by atoms with Crippen LogP contribution < -0.4 is 10.6 Å². The van der Waals surface area contributed by atoms with E-state index in [0.717, 1.165) is 0 Å². The van der Waals surface area contributed by atoms with Gasteiger partial charge in [0.1, 0.15) is 12.1 Å². The largest absolute Gasteiger partial charge is 0.480 e. The fraction of sp³-hybridized carbons (Fsp3) is 0.812. The van der Waals surface area contributed by atoms with E-state index in [-0.39, 0.29) is 23.2 Å². The lowest BCUT2D eigenvalue weighted by molar-refractivity contribution is -0.152. The van der Waals surface area contributed by atoms with E-state index in [2.05, 4.69) is 10.6 Å². The molecule has 2 aliphatic rings. The number of piperidine rings is 1. The van der Waals surface area contributed by atoms with E-state index in [1.807, 2.05) is 34.6 Å². The Morgan fingerprint density at radius 2 is 1.83 bits per heavy atom. The van der Waals surface area contributed by atoms with E-state index >= 15 is 0 Å². The normalized spacial score (nSPS) is 29.5. The summed E-state index contributed by atoms with van der Waals surface area (Å²) in [6.45, 7) is 10.1. The Balaban J connectivity index is 2.23. The average Bonchev–Trinajstić information content (AvgIpc) is 2.81. The van der Waals surface area contributed by atoms with Crippen LogP contribution in [0.5, 0.6) is 0 Å². The van der Waals surface area contributed by atoms with Gasteiger partial charge >= 0.3 is 12.0 Å². The number of likely N-dealkylation sites (tertiary alicyclic amines) is 1. The number of hydrogen-bond acceptors (Lipinski definition) is 3. The zero-order chi connectivity index (χ0) is 17.7. The van der Waals surface area contributed by atoms with Crippen molar-refractivity contribution < 1.29 is 19.5 Å². The summed E-state index contributed by atoms with van der Waals surface area (Å²) in [5.41, 5.74) is -0.555. The molecule has 0 aromatic rings. The summed E-state index contributed by atoms with van der Waals surface area (Å²) < 4.78 is 0. The van der Waals surface area contributed by atoms with Crippen molar-refractivity contribution >= 4 is 17.9 Å². The molecule has 0 aromatic carbocycles. The minimum atomic E-state index is -0.968. The smallest absolute Gasteiger partial charge is 0.326 e. The van der Waals surface area contributed by atoms with Crippen molar-refractivity contribution in [1.82, 2.24) is 15.5 Å². The minimum Gasteiger partial charge on any atom is -0.480 e. The van der Waals surface area contributed by atoms with E-state index in [9.17, 15) is 19.5 Å². The first-order chi connectivity index (χ1) is 10.4. The maximum atomic E-state index is 13.0. The molecule has 2 fully saturated rings. The van der Waals surface area contributed by atoms with Crippen LogP contribution in [0.15, 0.2) is 0 Å². The average molecular weight is 325 g/mol. The molecule has 3 N–H and O–H groups in total. The van der Waals surface area contributed by atoms with Gasteiger partial charge in [0.05, 0.1) is 0 Å². The van der Waals surface area contributed by atoms with Crippen molar-refractivity contribution in [2.75, 3.05) is 13.6 Å². The van der Waals surface area contributed by atoms with Crippen LogP contribution in [0, 0.1) is 22.7 Å². The molecule has 1 aliphatic carbocycles. The molecular weight excluding hydrogens is 298 g/mol. The van der Waals surface area contributed by atoms with Crippen LogP contribution in [-0.2, 0) is 9.59 Å². The number of fused-ring (bicyclic) bond motifs is 1. The van der Waals surface area contributed by atoms with E-state index in [1.165, 1.54) is 11.9 Å². The number of carboxylic acid groups (broad SMARTS) is 1. The third-order valence-corrected chi connectivity index (χ3v) is 5.36. The lowest BCUT2D eigenvalue weighted by Gasteiger charge is -2.36. The number of nitrogens with zero attached hydrogens (tertiary/aromatic N) is 1. The van der Waals surface area contributed by atoms with Gasteiger partial charge in [-0.2, -0.15) is 0 Å². The Morgan fingerprint density at radius 1 is 1.26 bits per heavy atom. The number of rotatable bonds is 3. The minimum absolute atomic E-state index is 0.00966. The summed E-state index contributed by atoms with van der Waals surface area (Å²) in [7, 11) is 1.48. The Labute approximate surface area is 136 Å². The van der Waals surface area contributed by atoms with Crippen LogP contribution in [0.3, 0.4) is 0 Å². The molecule has 1 saturated heterocycles. The second-order valence-corrected chi connectivity index (χ2v) is 8.25. The molecule has 23 heavy (non-hydrogen) atoms. The molecule has 2 rings (SSSR count). The van der Waals surface area contributed by atoms with Crippen molar-refractivity contribution in [1.29, 1.82) is 0 Å². The van der Waals surface area contributed by atoms with Crippen LogP contribution in [0.25, 0.3) is 0 Å². The van der Waals surface area contributed by atoms with Crippen molar-refractivity contribution in [3.05, 3.63) is 0 Å². The zero-order valence-corrected chi connectivity index (χ0v) is 14.6. The molecule has 7 nitrogen and oxygen atoms in total. The predicted molar refractivity (Wildman–Crippen MR) is 84.7 cm³/mol. The lowest BCUT2D eigenvalue weighted by Crippen LogP contribution is -2.59. The fourth-order valence-corrected chi connectivity index (χ4v) is 3.81. The molecule has 0 aromatic heterocycles. The standard InChI is InChI=1S/C16H27N3O4/c1-15(2,3)11(18-14(23)17-6)12(20)19-7-8-9(16(8,4)5)10(19)13(21)22/h8-11H,7H2,1-6H3,(H,21,22)(H2,17,18,23)/t8-,9-,10-,11+/m0/s1. The Morgan fingerprint density at radius 3 is 2.26 bits per heavy atom. The number of nitrogens with one attached hydrogen (secondary N) is 2. The van der Waals surface area contributed by atoms with Crippen molar-refractivity contribution in [3.63, 3.8) is 0 Å². The molecule has 7 heteroatoms. The van der Waals surface area contributed by atoms with E-state index < -0.39 is 29.5 Å². The number of carbonyl (C=O) groups excluding carboxylic acids is 2. The molecule has 130 valence electrons. The van der Waals surface area contributed by atoms with E-state index in [1.54, 1.807) is 0 Å². The van der Waals surface area contributed by atoms with Gasteiger partial charge in [-0.15, -0.1) is 0 Å². The summed E-state index contributed by atoms with van der Waals surface area (Å²) in [6, 6.07) is -2.03. The number of carbonyl (C=O) groups is 3. The van der Waals surface area contributed by atoms with Crippen molar-refractivity contribution in [2.45, 2.75) is 46.7 Å². The summed E-state index contributed by atoms with van der Waals surface area (Å²) in [4.78, 5) is 37.8. The van der Waals surface area contributed by atoms with Gasteiger partial charge in [-0.25, -0.2) is 9.59 Å². The fourth-order valence-electron chi connectivity index (χ4n) is 3.81. The second kappa shape index (κ2) is 5.39. The monoisotopic (exact) mass is 325 g/mol. The molecular formula is C16H27N3O4. The van der Waals surface area contributed by atoms with E-state index in [4.69, 9.17) is 0 Å². The van der Waals surface area contributed by atoms with Crippen molar-refractivity contribution in [3.8, 4) is 0 Å². The summed E-state index contributed by atoms with van der Waals surface area (Å²) in [5, 5.41) is 14.7. The highest BCUT2D eigenvalue weighted by Crippen LogP contribution is 2.64. The molecule has 0 radical (unpaired) electrons. The first-order valence-electron chi connectivity index (χ1n) is 7.94. The quantitative estimate of drug-likeness (QED) is 0.718. The lowest BCUT2D eigenvalue weighted by atomic mass is 9.85. The van der Waals surface area contributed by atoms with Gasteiger partial charge in [0.15, 0.2) is 0 Å². The third kappa shape index (κ3) is 2.88. The summed E-state index contributed by atoms with van der Waals surface area (Å²) in [6.07, 6.45) is 0. The number of aliphatic carboxylic acids is 1. The topological polar surface area (TPSA) is 98.7 Å². The van der Waals surface area contributed by atoms with Crippen LogP contribution in [0.4, 0.5) is 4.79 Å². The third-order valence-electron chi connectivity index (χ3n) is 5.36. The maximum Gasteiger partial charge on any atom is 0.326 e. The number of amides is 3. The van der Waals surface area contributed by atoms with Crippen LogP contribution in [0.1, 0.15) is 34.6 Å². The maximum absolute atomic E-state index is 13.0. The van der Waals surface area contributed by atoms with Gasteiger partial charge in [-0.3, -0.25) is 4.79 Å². The van der Waals surface area contributed by atoms with Crippen LogP contribution in [0.2, 0.25) is 0 Å². The molecule has 1 aliphatic heterocycles. The number of carboxylic acids is 1. The first kappa shape index (κ1) is 17.6. The van der Waals surface area contributed by atoms with Gasteiger partial charge in [-0.05, 0) is 16.7 Å². The molecule has 0 bridgehead atoms. The molecule has 0 spiro atoms. The second-order valence-electron chi connectivity index (χ2n) is 8.25. The first-order valence-corrected chi connectivity index (χ1v) is 7.94. The summed E-state index contributed by atoms with van der Waals surface area (Å²) >= 11 is 0. The Bertz CT molecular complexity index is 538. The van der Waals surface area contributed by atoms with E-state index in [0.29, 0.717) is 6.54 Å². The van der Waals surface area contributed by atoms with Crippen LogP contribution >= 0.6 is 0 Å². The molecule has 0 unspecified atom stereocenters. The highest BCUT2D eigenvalue weighted by Gasteiger charge is 2.70. The van der Waals surface area contributed by atoms with Gasteiger partial charge in [0, 0.05) is 19.5 Å². The highest BCUT2D eigenvalue weighted by molar-refractivity contribution is 5.91. The molecule has 1 saturated carbocycles. The van der Waals surface area contributed by atoms with Crippen LogP contribution in [-0.4, -0.2) is 53.6 Å². The number of urea groups is 1. The SMILES string of the molecule is CNC(=O)N[C@H](C(=O)N1C[C@H]2[C@@H]([C@H]1C(=O)O)C2(C)C)C(C)(C)C. The zero-order valence-electron chi connectivity index (χ0n) is 14.6. The van der Waals surface area contributed by atoms with Gasteiger partial charge in [-0.1, -0.05) is 34.6 Å². The molecule has 1 heterocycles. The Kier molecular flexibility index (Phi) is 4.11. The predicted octanol–water partition coefficient (Wildman–Crippen LogP) is 0.898. The highest BCUT2D eigenvalue weighted by atomic mass is 16.4. The van der Waals surface area contributed by atoms with Gasteiger partial charge in [0.2, 0.25) is 5.91 Å². The summed E-state index contributed by atoms with van der Waals surface area (Å²) in [5.74, 6) is -1.08. The molecule has 3 amide bonds. The number of hydrogen-bond donors (Lipinski definition) is 3. The van der Waals surface area contributed by atoms with Crippen molar-refractivity contribution in [2.24, 2.45) is 22.7 Å². The van der Waals surface area contributed by atoms with Gasteiger partial charge < -0.3 is 20.6 Å². The Hall–Kier alpha value is -1.79.